The number of hydrogen-bond donors (Lipinski definition) is 0. The maximum Gasteiger partial charge on any atom is 0.277 e. The van der Waals surface area contributed by atoms with Gasteiger partial charge >= 0.3 is 0 Å². The number of likely N-dealkylation sites (tertiary alicyclic amines) is 1. The predicted molar refractivity (Wildman–Crippen MR) is 88.3 cm³/mol. The fraction of sp³-hybridized carbons (Fsp3) is 0.500. The van der Waals surface area contributed by atoms with E-state index in [1.54, 1.807) is 6.07 Å². The largest absolute Gasteiger partial charge is 0.410 e. The number of hydrogen-bond acceptors (Lipinski definition) is 6. The van der Waals surface area contributed by atoms with Gasteiger partial charge in [0.25, 0.3) is 11.1 Å². The molecule has 0 saturated carbocycles. The van der Waals surface area contributed by atoms with Gasteiger partial charge in [0, 0.05) is 13.1 Å². The minimum atomic E-state index is 0.135. The number of halogens is 1. The molecule has 0 aromatic carbocycles. The van der Waals surface area contributed by atoms with E-state index >= 15 is 0 Å². The Hall–Kier alpha value is -1.05. The highest BCUT2D eigenvalue weighted by Gasteiger charge is 2.21. The third-order valence-electron chi connectivity index (χ3n) is 3.52. The van der Waals surface area contributed by atoms with Crippen LogP contribution in [0.5, 0.6) is 0 Å². The summed E-state index contributed by atoms with van der Waals surface area (Å²) in [5, 5.41) is 8.38. The zero-order chi connectivity index (χ0) is 15.5. The van der Waals surface area contributed by atoms with E-state index in [0.717, 1.165) is 24.4 Å². The van der Waals surface area contributed by atoms with Crippen LogP contribution in [0.1, 0.15) is 19.8 Å². The summed E-state index contributed by atoms with van der Waals surface area (Å²) >= 11 is 8.56. The van der Waals surface area contributed by atoms with Crippen molar-refractivity contribution in [3.05, 3.63) is 16.5 Å². The van der Waals surface area contributed by atoms with Crippen molar-refractivity contribution >= 4 is 40.6 Å². The van der Waals surface area contributed by atoms with E-state index in [4.69, 9.17) is 16.0 Å². The average molecular weight is 358 g/mol. The molecular formula is C14H16ClN3O2S2. The van der Waals surface area contributed by atoms with E-state index in [9.17, 15) is 4.79 Å². The molecule has 1 aliphatic heterocycles. The van der Waals surface area contributed by atoms with Crippen molar-refractivity contribution in [2.45, 2.75) is 25.0 Å². The van der Waals surface area contributed by atoms with Gasteiger partial charge in [-0.3, -0.25) is 4.79 Å². The lowest BCUT2D eigenvalue weighted by Gasteiger charge is -2.30. The first-order chi connectivity index (χ1) is 10.6. The fourth-order valence-corrected chi connectivity index (χ4v) is 4.06. The Kier molecular flexibility index (Phi) is 5.05. The summed E-state index contributed by atoms with van der Waals surface area (Å²) in [6, 6.07) is 3.63. The minimum absolute atomic E-state index is 0.135. The molecule has 3 heterocycles. The first-order valence-corrected chi connectivity index (χ1v) is 9.29. The molecule has 3 rings (SSSR count). The van der Waals surface area contributed by atoms with Crippen LogP contribution in [0.2, 0.25) is 4.34 Å². The molecule has 1 saturated heterocycles. The number of thiophene rings is 1. The molecule has 2 aromatic rings. The normalized spacial score (nSPS) is 18.6. The van der Waals surface area contributed by atoms with Crippen LogP contribution in [0.15, 0.2) is 21.8 Å². The van der Waals surface area contributed by atoms with E-state index in [2.05, 4.69) is 17.1 Å². The summed E-state index contributed by atoms with van der Waals surface area (Å²) in [5.74, 6) is 1.50. The van der Waals surface area contributed by atoms with Crippen LogP contribution in [0.3, 0.4) is 0 Å². The van der Waals surface area contributed by atoms with Crippen LogP contribution >= 0.6 is 34.7 Å². The van der Waals surface area contributed by atoms with Gasteiger partial charge in [-0.25, -0.2) is 0 Å². The van der Waals surface area contributed by atoms with Crippen molar-refractivity contribution in [1.82, 2.24) is 15.1 Å². The molecule has 0 N–H and O–H groups in total. The first-order valence-electron chi connectivity index (χ1n) is 7.11. The van der Waals surface area contributed by atoms with Gasteiger partial charge in [-0.2, -0.15) is 0 Å². The van der Waals surface area contributed by atoms with E-state index in [1.807, 2.05) is 11.0 Å². The second kappa shape index (κ2) is 7.02. The lowest BCUT2D eigenvalue weighted by molar-refractivity contribution is -0.130. The molecular weight excluding hydrogens is 342 g/mol. The Morgan fingerprint density at radius 2 is 2.41 bits per heavy atom. The van der Waals surface area contributed by atoms with Gasteiger partial charge < -0.3 is 9.32 Å². The summed E-state index contributed by atoms with van der Waals surface area (Å²) in [5.41, 5.74) is 0. The van der Waals surface area contributed by atoms with Crippen LogP contribution in [0.25, 0.3) is 10.8 Å². The molecule has 0 spiro atoms. The lowest BCUT2D eigenvalue weighted by Crippen LogP contribution is -2.40. The third-order valence-corrected chi connectivity index (χ3v) is 5.54. The van der Waals surface area contributed by atoms with E-state index in [1.165, 1.54) is 29.5 Å². The van der Waals surface area contributed by atoms with E-state index in [0.29, 0.717) is 27.1 Å². The van der Waals surface area contributed by atoms with Gasteiger partial charge in [0.05, 0.1) is 15.0 Å². The third kappa shape index (κ3) is 3.83. The average Bonchev–Trinajstić information content (AvgIpc) is 3.13. The molecule has 1 amide bonds. The van der Waals surface area contributed by atoms with Crippen molar-refractivity contribution in [3.8, 4) is 10.8 Å². The molecule has 1 fully saturated rings. The SMILES string of the molecule is C[C@H]1CCCN(C(=O)CSc2nnc(-c3ccc(Cl)s3)o2)C1. The number of carbonyl (C=O) groups is 1. The zero-order valence-electron chi connectivity index (χ0n) is 12.1. The number of aromatic nitrogens is 2. The molecule has 0 bridgehead atoms. The van der Waals surface area contributed by atoms with Crippen LogP contribution in [0, 0.1) is 5.92 Å². The quantitative estimate of drug-likeness (QED) is 0.779. The molecule has 0 unspecified atom stereocenters. The molecule has 8 heteroatoms. The predicted octanol–water partition coefficient (Wildman–Crippen LogP) is 3.80. The monoisotopic (exact) mass is 357 g/mol. The van der Waals surface area contributed by atoms with Crippen molar-refractivity contribution in [2.75, 3.05) is 18.8 Å². The molecule has 0 aliphatic carbocycles. The second-order valence-corrected chi connectivity index (χ2v) is 7.99. The molecule has 118 valence electrons. The molecule has 2 aromatic heterocycles. The Bertz CT molecular complexity index is 658. The lowest BCUT2D eigenvalue weighted by atomic mass is 10.0. The maximum atomic E-state index is 12.2. The number of carbonyl (C=O) groups excluding carboxylic acids is 1. The highest BCUT2D eigenvalue weighted by Crippen LogP contribution is 2.31. The number of thioether (sulfide) groups is 1. The summed E-state index contributed by atoms with van der Waals surface area (Å²) < 4.78 is 6.24. The number of piperidine rings is 1. The van der Waals surface area contributed by atoms with Gasteiger partial charge in [-0.1, -0.05) is 30.3 Å². The molecule has 0 radical (unpaired) electrons. The summed E-state index contributed by atoms with van der Waals surface area (Å²) in [4.78, 5) is 15.0. The van der Waals surface area contributed by atoms with Crippen LogP contribution < -0.4 is 0 Å². The Labute approximate surface area is 142 Å². The van der Waals surface area contributed by atoms with Crippen molar-refractivity contribution in [2.24, 2.45) is 5.92 Å². The van der Waals surface area contributed by atoms with E-state index in [-0.39, 0.29) is 5.91 Å². The highest BCUT2D eigenvalue weighted by atomic mass is 35.5. The van der Waals surface area contributed by atoms with Crippen LogP contribution in [0.4, 0.5) is 0 Å². The van der Waals surface area contributed by atoms with Crippen molar-refractivity contribution in [1.29, 1.82) is 0 Å². The summed E-state index contributed by atoms with van der Waals surface area (Å²) in [6.07, 6.45) is 2.29. The molecule has 5 nitrogen and oxygen atoms in total. The Morgan fingerprint density at radius 1 is 1.55 bits per heavy atom. The van der Waals surface area contributed by atoms with Crippen molar-refractivity contribution in [3.63, 3.8) is 0 Å². The maximum absolute atomic E-state index is 12.2. The minimum Gasteiger partial charge on any atom is -0.410 e. The first kappa shape index (κ1) is 15.8. The highest BCUT2D eigenvalue weighted by molar-refractivity contribution is 7.99. The topological polar surface area (TPSA) is 59.2 Å². The second-order valence-electron chi connectivity index (χ2n) is 5.35. The Balaban J connectivity index is 1.55. The standard InChI is InChI=1S/C14H16ClN3O2S2/c1-9-3-2-6-18(7-9)12(19)8-21-14-17-16-13(20-14)10-4-5-11(15)22-10/h4-5,9H,2-3,6-8H2,1H3/t9-/m0/s1. The molecule has 1 aliphatic rings. The smallest absolute Gasteiger partial charge is 0.277 e. The summed E-state index contributed by atoms with van der Waals surface area (Å²) in [6.45, 7) is 3.89. The number of amides is 1. The van der Waals surface area contributed by atoms with Crippen molar-refractivity contribution < 1.29 is 9.21 Å². The van der Waals surface area contributed by atoms with Gasteiger partial charge in [0.15, 0.2) is 0 Å². The number of rotatable bonds is 4. The van der Waals surface area contributed by atoms with Gasteiger partial charge in [0.1, 0.15) is 0 Å². The van der Waals surface area contributed by atoms with Gasteiger partial charge in [-0.05, 0) is 30.9 Å². The number of nitrogens with zero attached hydrogens (tertiary/aromatic N) is 3. The van der Waals surface area contributed by atoms with Crippen LogP contribution in [-0.4, -0.2) is 39.8 Å². The van der Waals surface area contributed by atoms with E-state index < -0.39 is 0 Å². The summed E-state index contributed by atoms with van der Waals surface area (Å²) in [7, 11) is 0. The van der Waals surface area contributed by atoms with Gasteiger partial charge in [-0.15, -0.1) is 21.5 Å². The Morgan fingerprint density at radius 3 is 3.14 bits per heavy atom. The molecule has 22 heavy (non-hydrogen) atoms. The fourth-order valence-electron chi connectivity index (χ4n) is 2.43. The van der Waals surface area contributed by atoms with Gasteiger partial charge in [0.2, 0.25) is 5.91 Å². The zero-order valence-corrected chi connectivity index (χ0v) is 14.5. The van der Waals surface area contributed by atoms with Crippen LogP contribution in [-0.2, 0) is 4.79 Å². The molecule has 1 atom stereocenters.